The largest absolute Gasteiger partial charge is 0.465 e. The molecule has 5 atom stereocenters. The minimum absolute atomic E-state index is 0.257. The molecule has 0 spiro atoms. The standard InChI is InChI=1S/C22H29NO6/c1-11-16(19(25)28-4)12(2)23-17(11)18(24)13(3)29-20(26)21-6-14-5-15(7-21)9-22(27,8-14)10-21/h13-15,23,27H,5-10H2,1-4H3/t13-,14-,15+,21?,22?/m0/s1. The molecule has 4 fully saturated rings. The van der Waals surface area contributed by atoms with Crippen molar-refractivity contribution in [2.24, 2.45) is 17.3 Å². The predicted octanol–water partition coefficient (Wildman–Crippen LogP) is 2.86. The van der Waals surface area contributed by atoms with Crippen LogP contribution in [0.2, 0.25) is 0 Å². The molecule has 1 aromatic heterocycles. The van der Waals surface area contributed by atoms with Crippen LogP contribution in [0.4, 0.5) is 0 Å². The maximum atomic E-state index is 13.1. The number of esters is 2. The Morgan fingerprint density at radius 1 is 1.14 bits per heavy atom. The Bertz CT molecular complexity index is 870. The summed E-state index contributed by atoms with van der Waals surface area (Å²) in [4.78, 5) is 41.0. The van der Waals surface area contributed by atoms with Crippen LogP contribution >= 0.6 is 0 Å². The third-order valence-electron chi connectivity index (χ3n) is 7.19. The summed E-state index contributed by atoms with van der Waals surface area (Å²) in [6.07, 6.45) is 3.53. The topological polar surface area (TPSA) is 106 Å². The molecular formula is C22H29NO6. The predicted molar refractivity (Wildman–Crippen MR) is 104 cm³/mol. The SMILES string of the molecule is COC(=O)c1c(C)[nH]c(C(=O)[C@H](C)OC(=O)C23C[C@@H]4C[C@@H](CC(O)(C4)C2)C3)c1C. The van der Waals surface area contributed by atoms with Gasteiger partial charge < -0.3 is 19.6 Å². The molecule has 0 saturated heterocycles. The molecule has 7 nitrogen and oxygen atoms in total. The molecule has 2 unspecified atom stereocenters. The number of hydrogen-bond acceptors (Lipinski definition) is 6. The first-order valence-corrected chi connectivity index (χ1v) is 10.3. The maximum Gasteiger partial charge on any atom is 0.339 e. The van der Waals surface area contributed by atoms with Gasteiger partial charge in [0, 0.05) is 5.69 Å². The van der Waals surface area contributed by atoms with Crippen LogP contribution in [-0.2, 0) is 14.3 Å². The van der Waals surface area contributed by atoms with Crippen molar-refractivity contribution in [1.29, 1.82) is 0 Å². The molecule has 29 heavy (non-hydrogen) atoms. The average molecular weight is 403 g/mol. The molecule has 7 heteroatoms. The van der Waals surface area contributed by atoms with E-state index >= 15 is 0 Å². The Balaban J connectivity index is 1.51. The van der Waals surface area contributed by atoms with Crippen LogP contribution in [0, 0.1) is 31.1 Å². The van der Waals surface area contributed by atoms with Crippen LogP contribution in [0.15, 0.2) is 0 Å². The number of carbonyl (C=O) groups excluding carboxylic acids is 3. The molecule has 4 bridgehead atoms. The van der Waals surface area contributed by atoms with E-state index < -0.39 is 23.1 Å². The van der Waals surface area contributed by atoms with Gasteiger partial charge in [0.15, 0.2) is 6.10 Å². The minimum atomic E-state index is -0.979. The summed E-state index contributed by atoms with van der Waals surface area (Å²) in [5, 5.41) is 10.9. The lowest BCUT2D eigenvalue weighted by atomic mass is 9.48. The number of carbonyl (C=O) groups is 3. The van der Waals surface area contributed by atoms with Gasteiger partial charge in [-0.05, 0) is 76.7 Å². The first kappa shape index (κ1) is 20.1. The molecule has 4 saturated carbocycles. The molecule has 0 amide bonds. The molecule has 1 aromatic rings. The number of aromatic nitrogens is 1. The molecule has 1 heterocycles. The van der Waals surface area contributed by atoms with Crippen LogP contribution < -0.4 is 0 Å². The van der Waals surface area contributed by atoms with Gasteiger partial charge >= 0.3 is 11.9 Å². The molecule has 5 rings (SSSR count). The smallest absolute Gasteiger partial charge is 0.339 e. The zero-order valence-corrected chi connectivity index (χ0v) is 17.5. The van der Waals surface area contributed by atoms with Gasteiger partial charge in [-0.2, -0.15) is 0 Å². The first-order chi connectivity index (χ1) is 13.6. The lowest BCUT2D eigenvalue weighted by molar-refractivity contribution is -0.198. The summed E-state index contributed by atoms with van der Waals surface area (Å²) in [5.74, 6) is -0.550. The van der Waals surface area contributed by atoms with Crippen molar-refractivity contribution in [3.05, 3.63) is 22.5 Å². The lowest BCUT2D eigenvalue weighted by Crippen LogP contribution is -2.58. The van der Waals surface area contributed by atoms with E-state index in [9.17, 15) is 19.5 Å². The molecule has 4 aliphatic carbocycles. The van der Waals surface area contributed by atoms with Crippen LogP contribution in [0.5, 0.6) is 0 Å². The normalized spacial score (nSPS) is 33.4. The van der Waals surface area contributed by atoms with E-state index in [0.29, 0.717) is 35.1 Å². The highest BCUT2D eigenvalue weighted by Gasteiger charge is 2.61. The van der Waals surface area contributed by atoms with Crippen molar-refractivity contribution in [3.63, 3.8) is 0 Å². The zero-order chi connectivity index (χ0) is 21.1. The summed E-state index contributed by atoms with van der Waals surface area (Å²) in [6, 6.07) is 0. The van der Waals surface area contributed by atoms with Gasteiger partial charge in [0.25, 0.3) is 0 Å². The Labute approximate surface area is 170 Å². The van der Waals surface area contributed by atoms with Gasteiger partial charge in [0.1, 0.15) is 0 Å². The van der Waals surface area contributed by atoms with Crippen LogP contribution in [0.3, 0.4) is 0 Å². The Hall–Kier alpha value is -2.15. The fraction of sp³-hybridized carbons (Fsp3) is 0.682. The van der Waals surface area contributed by atoms with Gasteiger partial charge in [-0.25, -0.2) is 4.79 Å². The second-order valence-electron chi connectivity index (χ2n) is 9.49. The van der Waals surface area contributed by atoms with Gasteiger partial charge in [-0.15, -0.1) is 0 Å². The molecule has 158 valence electrons. The summed E-state index contributed by atoms with van der Waals surface area (Å²) in [7, 11) is 1.29. The van der Waals surface area contributed by atoms with Crippen molar-refractivity contribution >= 4 is 17.7 Å². The van der Waals surface area contributed by atoms with Crippen molar-refractivity contribution in [2.45, 2.75) is 71.0 Å². The van der Waals surface area contributed by atoms with E-state index in [1.54, 1.807) is 20.8 Å². The van der Waals surface area contributed by atoms with E-state index in [4.69, 9.17) is 9.47 Å². The number of aliphatic hydroxyl groups is 1. The average Bonchev–Trinajstić information content (AvgIpc) is 2.92. The van der Waals surface area contributed by atoms with Crippen molar-refractivity contribution in [3.8, 4) is 0 Å². The lowest BCUT2D eigenvalue weighted by Gasteiger charge is -2.58. The third-order valence-corrected chi connectivity index (χ3v) is 7.19. The van der Waals surface area contributed by atoms with Crippen LogP contribution in [0.25, 0.3) is 0 Å². The molecule has 0 aromatic carbocycles. The number of H-pyrrole nitrogens is 1. The van der Waals surface area contributed by atoms with Gasteiger partial charge in [-0.1, -0.05) is 0 Å². The van der Waals surface area contributed by atoms with Crippen molar-refractivity contribution in [1.82, 2.24) is 4.98 Å². The second kappa shape index (κ2) is 6.69. The number of methoxy groups -OCH3 is 1. The van der Waals surface area contributed by atoms with Gasteiger partial charge in [-0.3, -0.25) is 9.59 Å². The number of aryl methyl sites for hydroxylation is 1. The van der Waals surface area contributed by atoms with Crippen molar-refractivity contribution < 1.29 is 29.0 Å². The summed E-state index contributed by atoms with van der Waals surface area (Å²) < 4.78 is 10.4. The Morgan fingerprint density at radius 3 is 2.31 bits per heavy atom. The van der Waals surface area contributed by atoms with E-state index in [1.807, 2.05) is 0 Å². The number of rotatable bonds is 5. The van der Waals surface area contributed by atoms with Gasteiger partial charge in [0.2, 0.25) is 5.78 Å². The van der Waals surface area contributed by atoms with E-state index in [-0.39, 0.29) is 17.4 Å². The third kappa shape index (κ3) is 3.19. The number of hydrogen-bond donors (Lipinski definition) is 2. The minimum Gasteiger partial charge on any atom is -0.465 e. The molecular weight excluding hydrogens is 374 g/mol. The Kier molecular flexibility index (Phi) is 4.64. The highest BCUT2D eigenvalue weighted by Crippen LogP contribution is 2.62. The molecule has 0 aliphatic heterocycles. The van der Waals surface area contributed by atoms with E-state index in [0.717, 1.165) is 32.1 Å². The fourth-order valence-electron chi connectivity index (χ4n) is 6.40. The summed E-state index contributed by atoms with van der Waals surface area (Å²) in [6.45, 7) is 4.93. The number of aromatic amines is 1. The van der Waals surface area contributed by atoms with E-state index in [2.05, 4.69) is 4.98 Å². The number of nitrogens with one attached hydrogen (secondary N) is 1. The quantitative estimate of drug-likeness (QED) is 0.578. The number of Topliss-reactive ketones (excluding diaryl/α,β-unsaturated/α-hetero) is 1. The fourth-order valence-corrected chi connectivity index (χ4v) is 6.40. The number of ketones is 1. The highest BCUT2D eigenvalue weighted by molar-refractivity contribution is 6.04. The van der Waals surface area contributed by atoms with Gasteiger partial charge in [0.05, 0.1) is 29.4 Å². The van der Waals surface area contributed by atoms with Crippen molar-refractivity contribution in [2.75, 3.05) is 7.11 Å². The van der Waals surface area contributed by atoms with Crippen LogP contribution in [0.1, 0.15) is 77.6 Å². The Morgan fingerprint density at radius 2 is 1.76 bits per heavy atom. The molecule has 4 aliphatic rings. The maximum absolute atomic E-state index is 13.1. The first-order valence-electron chi connectivity index (χ1n) is 10.3. The summed E-state index contributed by atoms with van der Waals surface area (Å²) in [5.41, 5.74) is 0.181. The van der Waals surface area contributed by atoms with E-state index in [1.165, 1.54) is 7.11 Å². The second-order valence-corrected chi connectivity index (χ2v) is 9.49. The molecule has 0 radical (unpaired) electrons. The van der Waals surface area contributed by atoms with Crippen LogP contribution in [-0.4, -0.2) is 46.6 Å². The highest BCUT2D eigenvalue weighted by atomic mass is 16.5. The monoisotopic (exact) mass is 403 g/mol. The zero-order valence-electron chi connectivity index (χ0n) is 17.5. The molecule has 2 N–H and O–H groups in total. The number of ether oxygens (including phenoxy) is 2. The summed E-state index contributed by atoms with van der Waals surface area (Å²) >= 11 is 0.